The Balaban J connectivity index is 1.93. The predicted octanol–water partition coefficient (Wildman–Crippen LogP) is 3.80. The summed E-state index contributed by atoms with van der Waals surface area (Å²) in [6.07, 6.45) is 1.62. The van der Waals surface area contributed by atoms with Crippen LogP contribution in [0.15, 0.2) is 79.0 Å². The number of rotatable bonds is 6. The fourth-order valence-electron chi connectivity index (χ4n) is 2.59. The average Bonchev–Trinajstić information content (AvgIpc) is 3.02. The molecule has 0 N–H and O–H groups in total. The summed E-state index contributed by atoms with van der Waals surface area (Å²) in [7, 11) is 0. The van der Waals surface area contributed by atoms with Gasteiger partial charge in [-0.15, -0.1) is 0 Å². The van der Waals surface area contributed by atoms with E-state index in [0.717, 1.165) is 17.8 Å². The molecule has 3 nitrogen and oxygen atoms in total. The molecule has 1 unspecified atom stereocenters. The average molecular weight is 291 g/mol. The highest BCUT2D eigenvalue weighted by Crippen LogP contribution is 2.26. The maximum atomic E-state index is 10.9. The van der Waals surface area contributed by atoms with Gasteiger partial charge < -0.3 is 9.30 Å². The maximum absolute atomic E-state index is 10.9. The highest BCUT2D eigenvalue weighted by atomic mass is 16.5. The van der Waals surface area contributed by atoms with Gasteiger partial charge in [0, 0.05) is 12.7 Å². The normalized spacial score (nSPS) is 11.8. The van der Waals surface area contributed by atoms with Gasteiger partial charge in [-0.05, 0) is 23.3 Å². The van der Waals surface area contributed by atoms with Gasteiger partial charge in [-0.2, -0.15) is 0 Å². The number of carbonyl (C=O) groups is 1. The number of hydrogen-bond acceptors (Lipinski definition) is 2. The van der Waals surface area contributed by atoms with Gasteiger partial charge in [-0.1, -0.05) is 60.7 Å². The van der Waals surface area contributed by atoms with E-state index in [2.05, 4.69) is 16.7 Å². The molecule has 3 aromatic rings. The molecular weight excluding hydrogens is 274 g/mol. The molecule has 110 valence electrons. The first kappa shape index (κ1) is 14.1. The molecule has 0 aliphatic rings. The van der Waals surface area contributed by atoms with E-state index in [1.165, 1.54) is 5.56 Å². The van der Waals surface area contributed by atoms with Gasteiger partial charge in [0.25, 0.3) is 6.47 Å². The molecule has 1 atom stereocenters. The highest BCUT2D eigenvalue weighted by molar-refractivity contribution is 5.41. The van der Waals surface area contributed by atoms with Crippen molar-refractivity contribution in [1.29, 1.82) is 0 Å². The van der Waals surface area contributed by atoms with E-state index in [-0.39, 0.29) is 0 Å². The van der Waals surface area contributed by atoms with Gasteiger partial charge in [0.2, 0.25) is 0 Å². The second-order valence-corrected chi connectivity index (χ2v) is 5.07. The number of carbonyl (C=O) groups excluding carboxylic acids is 1. The van der Waals surface area contributed by atoms with Gasteiger partial charge in [0.15, 0.2) is 6.10 Å². The van der Waals surface area contributed by atoms with E-state index in [1.807, 2.05) is 66.9 Å². The van der Waals surface area contributed by atoms with E-state index in [4.69, 9.17) is 4.74 Å². The zero-order valence-corrected chi connectivity index (χ0v) is 12.1. The van der Waals surface area contributed by atoms with E-state index in [0.29, 0.717) is 6.47 Å². The molecule has 2 aromatic carbocycles. The smallest absolute Gasteiger partial charge is 0.294 e. The van der Waals surface area contributed by atoms with Crippen molar-refractivity contribution in [3.05, 3.63) is 95.8 Å². The van der Waals surface area contributed by atoms with Crippen LogP contribution in [0.5, 0.6) is 0 Å². The lowest BCUT2D eigenvalue weighted by Crippen LogP contribution is -2.12. The molecule has 0 aliphatic heterocycles. The van der Waals surface area contributed by atoms with Crippen LogP contribution in [0.25, 0.3) is 0 Å². The number of nitrogens with zero attached hydrogens (tertiary/aromatic N) is 1. The summed E-state index contributed by atoms with van der Waals surface area (Å²) in [5, 5.41) is 0. The van der Waals surface area contributed by atoms with Crippen molar-refractivity contribution in [3.63, 3.8) is 0 Å². The maximum Gasteiger partial charge on any atom is 0.294 e. The first-order valence-electron chi connectivity index (χ1n) is 7.21. The lowest BCUT2D eigenvalue weighted by molar-refractivity contribution is -0.132. The van der Waals surface area contributed by atoms with Crippen LogP contribution in [0.1, 0.15) is 22.9 Å². The molecule has 1 aromatic heterocycles. The molecule has 0 spiro atoms. The van der Waals surface area contributed by atoms with Gasteiger partial charge in [-0.3, -0.25) is 4.79 Å². The Labute approximate surface area is 129 Å². The lowest BCUT2D eigenvalue weighted by Gasteiger charge is -2.18. The summed E-state index contributed by atoms with van der Waals surface area (Å²) < 4.78 is 7.46. The van der Waals surface area contributed by atoms with Crippen molar-refractivity contribution in [2.24, 2.45) is 0 Å². The minimum atomic E-state index is -0.391. The van der Waals surface area contributed by atoms with Crippen molar-refractivity contribution in [3.8, 4) is 0 Å². The van der Waals surface area contributed by atoms with Gasteiger partial charge in [0.1, 0.15) is 0 Å². The van der Waals surface area contributed by atoms with Gasteiger partial charge in [-0.25, -0.2) is 0 Å². The van der Waals surface area contributed by atoms with Crippen molar-refractivity contribution >= 4 is 6.47 Å². The predicted molar refractivity (Wildman–Crippen MR) is 85.4 cm³/mol. The second-order valence-electron chi connectivity index (χ2n) is 5.07. The summed E-state index contributed by atoms with van der Waals surface area (Å²) in [5.41, 5.74) is 3.13. The Morgan fingerprint density at radius 1 is 0.909 bits per heavy atom. The Bertz CT molecular complexity index is 719. The second kappa shape index (κ2) is 6.76. The third-order valence-corrected chi connectivity index (χ3v) is 3.62. The highest BCUT2D eigenvalue weighted by Gasteiger charge is 2.18. The molecule has 3 heteroatoms. The molecule has 0 radical (unpaired) electrons. The summed E-state index contributed by atoms with van der Waals surface area (Å²) in [6.45, 7) is 1.26. The molecular formula is C19H17NO2. The van der Waals surface area contributed by atoms with Crippen molar-refractivity contribution in [1.82, 2.24) is 4.57 Å². The molecule has 0 saturated carbocycles. The summed E-state index contributed by atoms with van der Waals surface area (Å²) >= 11 is 0. The standard InChI is InChI=1S/C19H17NO2/c21-15-22-19(17-10-5-2-6-11-17)18-12-7-13-20(18)14-16-8-3-1-4-9-16/h1-13,15,19H,14H2. The van der Waals surface area contributed by atoms with Crippen molar-refractivity contribution in [2.45, 2.75) is 12.6 Å². The SMILES string of the molecule is O=COC(c1ccccc1)c1cccn1Cc1ccccc1. The fourth-order valence-corrected chi connectivity index (χ4v) is 2.59. The van der Waals surface area contributed by atoms with Gasteiger partial charge >= 0.3 is 0 Å². The summed E-state index contributed by atoms with van der Waals surface area (Å²) in [6, 6.07) is 24.0. The Morgan fingerprint density at radius 3 is 2.27 bits per heavy atom. The molecule has 0 aliphatic carbocycles. The Kier molecular flexibility index (Phi) is 4.35. The minimum absolute atomic E-state index is 0.391. The molecule has 0 bridgehead atoms. The Morgan fingerprint density at radius 2 is 1.59 bits per heavy atom. The third-order valence-electron chi connectivity index (χ3n) is 3.62. The fraction of sp³-hybridized carbons (Fsp3) is 0.105. The minimum Gasteiger partial charge on any atom is -0.453 e. The van der Waals surface area contributed by atoms with Gasteiger partial charge in [0.05, 0.1) is 5.69 Å². The largest absolute Gasteiger partial charge is 0.453 e. The van der Waals surface area contributed by atoms with Crippen LogP contribution in [-0.4, -0.2) is 11.0 Å². The van der Waals surface area contributed by atoms with Crippen LogP contribution in [0.3, 0.4) is 0 Å². The van der Waals surface area contributed by atoms with Crippen molar-refractivity contribution in [2.75, 3.05) is 0 Å². The first-order chi connectivity index (χ1) is 10.9. The molecule has 0 fully saturated rings. The monoisotopic (exact) mass is 291 g/mol. The first-order valence-corrected chi connectivity index (χ1v) is 7.21. The molecule has 3 rings (SSSR count). The van der Waals surface area contributed by atoms with Crippen LogP contribution in [-0.2, 0) is 16.1 Å². The lowest BCUT2D eigenvalue weighted by atomic mass is 10.1. The zero-order chi connectivity index (χ0) is 15.2. The zero-order valence-electron chi connectivity index (χ0n) is 12.1. The quantitative estimate of drug-likeness (QED) is 0.647. The van der Waals surface area contributed by atoms with E-state index in [1.54, 1.807) is 0 Å². The number of benzene rings is 2. The van der Waals surface area contributed by atoms with Crippen LogP contribution in [0, 0.1) is 0 Å². The van der Waals surface area contributed by atoms with E-state index in [9.17, 15) is 4.79 Å². The number of hydrogen-bond donors (Lipinski definition) is 0. The van der Waals surface area contributed by atoms with Crippen LogP contribution in [0.2, 0.25) is 0 Å². The molecule has 1 heterocycles. The number of ether oxygens (including phenoxy) is 1. The van der Waals surface area contributed by atoms with Crippen LogP contribution < -0.4 is 0 Å². The van der Waals surface area contributed by atoms with Crippen LogP contribution >= 0.6 is 0 Å². The summed E-state index contributed by atoms with van der Waals surface area (Å²) in [5.74, 6) is 0. The van der Waals surface area contributed by atoms with E-state index >= 15 is 0 Å². The van der Waals surface area contributed by atoms with E-state index < -0.39 is 6.10 Å². The Hall–Kier alpha value is -2.81. The summed E-state index contributed by atoms with van der Waals surface area (Å²) in [4.78, 5) is 10.9. The van der Waals surface area contributed by atoms with Crippen molar-refractivity contribution < 1.29 is 9.53 Å². The molecule has 22 heavy (non-hydrogen) atoms. The number of aromatic nitrogens is 1. The topological polar surface area (TPSA) is 31.2 Å². The third kappa shape index (κ3) is 3.09. The van der Waals surface area contributed by atoms with Crippen LogP contribution in [0.4, 0.5) is 0 Å². The molecule has 0 saturated heterocycles. The molecule has 0 amide bonds.